The van der Waals surface area contributed by atoms with E-state index in [4.69, 9.17) is 37.9 Å². The molecule has 444 valence electrons. The van der Waals surface area contributed by atoms with Crippen molar-refractivity contribution in [3.8, 4) is 0 Å². The minimum Gasteiger partial charge on any atom is -0.462 e. The van der Waals surface area contributed by atoms with Crippen LogP contribution in [0.15, 0.2) is 109 Å². The van der Waals surface area contributed by atoms with E-state index in [-0.39, 0.29) is 70.4 Å². The number of ether oxygens (including phenoxy) is 8. The summed E-state index contributed by atoms with van der Waals surface area (Å²) in [4.78, 5) is 92.2. The van der Waals surface area contributed by atoms with Crippen LogP contribution in [0.2, 0.25) is 0 Å². The minimum absolute atomic E-state index is 0.0228. The summed E-state index contributed by atoms with van der Waals surface area (Å²) in [6.07, 6.45) is -0.149. The molecule has 1 N–H and O–H groups in total. The molecule has 0 aromatic heterocycles. The molecule has 0 saturated heterocycles. The Morgan fingerprint density at radius 3 is 1.02 bits per heavy atom. The molecule has 4 aromatic rings. The predicted molar refractivity (Wildman–Crippen MR) is 392 cm³/mol. The van der Waals surface area contributed by atoms with Gasteiger partial charge in [0.2, 0.25) is 0 Å². The van der Waals surface area contributed by atoms with Crippen molar-refractivity contribution >= 4 is 274 Å². The molecule has 0 heterocycles. The van der Waals surface area contributed by atoms with E-state index < -0.39 is 41.9 Å². The topological polar surface area (TPSA) is 231 Å². The van der Waals surface area contributed by atoms with Crippen LogP contribution in [0, 0.1) is 35.7 Å². The highest BCUT2D eigenvalue weighted by atomic mass is 127. The van der Waals surface area contributed by atoms with Crippen molar-refractivity contribution in [1.82, 2.24) is 0 Å². The second kappa shape index (κ2) is 42.7. The van der Waals surface area contributed by atoms with Gasteiger partial charge >= 0.3 is 47.8 Å². The first-order chi connectivity index (χ1) is 38.4. The Hall–Kier alpha value is -1.14. The molecule has 0 bridgehead atoms. The molecular weight excluding hydrogens is 2200 g/mol. The maximum atomic E-state index is 12.1. The van der Waals surface area contributed by atoms with E-state index in [2.05, 4.69) is 252 Å². The number of benzene rings is 4. The maximum absolute atomic E-state index is 12.1. The summed E-state index contributed by atoms with van der Waals surface area (Å²) in [5, 5.41) is 9.67. The fourth-order valence-electron chi connectivity index (χ4n) is 4.95. The lowest BCUT2D eigenvalue weighted by Crippen LogP contribution is -2.25. The number of aliphatic hydroxyl groups is 1. The van der Waals surface area contributed by atoms with Gasteiger partial charge in [0.1, 0.15) is 32.5 Å². The fraction of sp³-hybridized carbons (Fsp3) is 0.273. The van der Waals surface area contributed by atoms with Gasteiger partial charge in [-0.2, -0.15) is 0 Å². The summed E-state index contributed by atoms with van der Waals surface area (Å²) >= 11 is 21.4. The fourth-order valence-corrected chi connectivity index (χ4v) is 12.4. The quantitative estimate of drug-likeness (QED) is 0.0182. The van der Waals surface area contributed by atoms with Crippen LogP contribution in [0.4, 0.5) is 0 Å². The summed E-state index contributed by atoms with van der Waals surface area (Å²) in [7, 11) is 0. The van der Waals surface area contributed by atoms with Crippen molar-refractivity contribution in [1.29, 1.82) is 0 Å². The Balaban J connectivity index is 0.000000547. The second-order valence-corrected chi connectivity index (χ2v) is 28.0. The molecule has 0 aliphatic rings. The van der Waals surface area contributed by atoms with Crippen molar-refractivity contribution < 1.29 is 81.4 Å². The lowest BCUT2D eigenvalue weighted by molar-refractivity contribution is -0.143. The van der Waals surface area contributed by atoms with Gasteiger partial charge in [0.05, 0.1) is 48.7 Å². The Morgan fingerprint density at radius 1 is 0.378 bits per heavy atom. The molecule has 0 saturated carbocycles. The van der Waals surface area contributed by atoms with Gasteiger partial charge in [0.25, 0.3) is 0 Å². The smallest absolute Gasteiger partial charge is 0.339 e. The molecule has 4 aromatic carbocycles. The second-order valence-electron chi connectivity index (χ2n) is 16.2. The Bertz CT molecular complexity index is 2980. The first-order valence-corrected chi connectivity index (χ1v) is 34.0. The summed E-state index contributed by atoms with van der Waals surface area (Å²) in [5.74, 6) is -3.61. The molecular formula is C55H52I10O17. The van der Waals surface area contributed by atoms with Crippen LogP contribution in [0.5, 0.6) is 0 Å². The average molecular weight is 2250 g/mol. The molecule has 82 heavy (non-hydrogen) atoms. The monoisotopic (exact) mass is 2250 g/mol. The Morgan fingerprint density at radius 2 is 0.659 bits per heavy atom. The third kappa shape index (κ3) is 32.2. The van der Waals surface area contributed by atoms with Gasteiger partial charge in [-0.15, -0.1) is 0 Å². The van der Waals surface area contributed by atoms with E-state index in [9.17, 15) is 43.5 Å². The van der Waals surface area contributed by atoms with Gasteiger partial charge in [-0.25, -0.2) is 38.4 Å². The largest absolute Gasteiger partial charge is 0.462 e. The molecule has 0 radical (unpaired) electrons. The predicted octanol–water partition coefficient (Wildman–Crippen LogP) is 14.0. The molecule has 17 nitrogen and oxygen atoms in total. The van der Waals surface area contributed by atoms with Crippen LogP contribution in [0.1, 0.15) is 82.0 Å². The molecule has 27 heteroatoms. The molecule has 0 aliphatic carbocycles. The maximum Gasteiger partial charge on any atom is 0.339 e. The number of hydrogen-bond acceptors (Lipinski definition) is 17. The van der Waals surface area contributed by atoms with Gasteiger partial charge in [0, 0.05) is 70.8 Å². The highest BCUT2D eigenvalue weighted by molar-refractivity contribution is 14.1. The van der Waals surface area contributed by atoms with Gasteiger partial charge in [-0.05, 0) is 314 Å². The van der Waals surface area contributed by atoms with Crippen molar-refractivity contribution in [3.05, 3.63) is 167 Å². The van der Waals surface area contributed by atoms with Crippen LogP contribution in [0.3, 0.4) is 0 Å². The number of carbonyl (C=O) groups excluding carboxylic acids is 8. The van der Waals surface area contributed by atoms with Crippen molar-refractivity contribution in [2.45, 2.75) is 46.6 Å². The Kier molecular flexibility index (Phi) is 41.1. The summed E-state index contributed by atoms with van der Waals surface area (Å²) < 4.78 is 49.3. The van der Waals surface area contributed by atoms with E-state index in [0.29, 0.717) is 51.8 Å². The van der Waals surface area contributed by atoms with Gasteiger partial charge in [-0.3, -0.25) is 0 Å². The molecule has 1 unspecified atom stereocenters. The van der Waals surface area contributed by atoms with Crippen molar-refractivity contribution in [2.75, 3.05) is 52.9 Å². The molecule has 0 spiro atoms. The SMILES string of the molecule is C=C(C)C(=O)OCC(O)COC(=O)c1cc(I)cc(I)c1I.C=C(C)C(=O)OCCCOC(=O)c1cc(I)cc(I)c1I.C=C(C)C(=O)OCCCOC(=O)c1ccc(I)cc1.C=C(C)C(=O)OCCOC(=O)c1cc(I)cc(I)c1I. The summed E-state index contributed by atoms with van der Waals surface area (Å²) in [5.41, 5.74) is 3.32. The Labute approximate surface area is 612 Å². The van der Waals surface area contributed by atoms with Crippen LogP contribution in [-0.4, -0.2) is 112 Å². The highest BCUT2D eigenvalue weighted by Crippen LogP contribution is 2.26. The number of rotatable bonds is 23. The standard InChI is InChI=1S/C14H13I3O5.C14H13I3O4.C14H15IO4.C13H11I3O4/c1-7(2)13(19)21-5-9(18)6-22-14(20)10-3-8(15)4-11(16)12(10)17;1-8(2)13(18)20-4-3-5-21-14(19)10-6-9(15)7-11(16)12(10)17;1-10(2)13(16)18-8-3-9-19-14(17)11-4-6-12(15)7-5-11;1-7(2)12(17)19-3-4-20-13(18)9-5-8(14)6-10(15)11(9)16/h3-4,9,18H,1,5-6H2,2H3;6-7H,1,3-5H2,2H3;4-7H,1,3,8-9H2,2H3;5-6H,1,3-4H2,2H3. The normalized spacial score (nSPS) is 10.4. The van der Waals surface area contributed by atoms with Crippen molar-refractivity contribution in [2.24, 2.45) is 0 Å². The third-order valence-corrected chi connectivity index (χ3v) is 20.7. The zero-order valence-electron chi connectivity index (χ0n) is 44.0. The van der Waals surface area contributed by atoms with E-state index in [1.165, 1.54) is 6.92 Å². The third-order valence-electron chi connectivity index (χ3n) is 8.99. The first-order valence-electron chi connectivity index (χ1n) is 23.2. The average Bonchev–Trinajstić information content (AvgIpc) is 3.41. The van der Waals surface area contributed by atoms with Crippen molar-refractivity contribution in [3.63, 3.8) is 0 Å². The zero-order valence-corrected chi connectivity index (χ0v) is 65.6. The summed E-state index contributed by atoms with van der Waals surface area (Å²) in [6, 6.07) is 18.3. The van der Waals surface area contributed by atoms with E-state index >= 15 is 0 Å². The first kappa shape index (κ1) is 78.9. The van der Waals surface area contributed by atoms with Crippen LogP contribution in [0.25, 0.3) is 0 Å². The lowest BCUT2D eigenvalue weighted by atomic mass is 10.2. The van der Waals surface area contributed by atoms with E-state index in [1.807, 2.05) is 30.3 Å². The number of halogens is 10. The molecule has 1 atom stereocenters. The van der Waals surface area contributed by atoms with E-state index in [0.717, 1.165) is 35.7 Å². The highest BCUT2D eigenvalue weighted by Gasteiger charge is 2.20. The van der Waals surface area contributed by atoms with Gasteiger partial charge in [0.15, 0.2) is 0 Å². The minimum atomic E-state index is -1.08. The molecule has 0 amide bonds. The van der Waals surface area contributed by atoms with Crippen LogP contribution in [-0.2, 0) is 57.1 Å². The molecule has 0 fully saturated rings. The lowest BCUT2D eigenvalue weighted by Gasteiger charge is -2.13. The van der Waals surface area contributed by atoms with E-state index in [1.54, 1.807) is 51.1 Å². The zero-order chi connectivity index (χ0) is 62.4. The van der Waals surface area contributed by atoms with Gasteiger partial charge in [-0.1, -0.05) is 26.3 Å². The number of esters is 8. The molecule has 0 aliphatic heterocycles. The number of aliphatic hydroxyl groups excluding tert-OH is 1. The number of carbonyl (C=O) groups is 8. The van der Waals surface area contributed by atoms with Gasteiger partial charge < -0.3 is 43.0 Å². The molecule has 4 rings (SSSR count). The van der Waals surface area contributed by atoms with Crippen LogP contribution >= 0.6 is 226 Å². The van der Waals surface area contributed by atoms with Crippen LogP contribution < -0.4 is 0 Å². The number of hydrogen-bond donors (Lipinski definition) is 1. The summed E-state index contributed by atoms with van der Waals surface area (Å²) in [6.45, 7) is 20.5.